The third kappa shape index (κ3) is 14.8. The van der Waals surface area contributed by atoms with Crippen molar-refractivity contribution in [3.63, 3.8) is 0 Å². The van der Waals surface area contributed by atoms with Crippen LogP contribution >= 0.6 is 94.1 Å². The monoisotopic (exact) mass is 732 g/mol. The van der Waals surface area contributed by atoms with Gasteiger partial charge in [-0.2, -0.15) is 0 Å². The van der Waals surface area contributed by atoms with E-state index in [-0.39, 0.29) is 48.3 Å². The molecule has 0 saturated carbocycles. The Labute approximate surface area is 282 Å². The molecule has 0 radical (unpaired) electrons. The van der Waals surface area contributed by atoms with Crippen molar-refractivity contribution < 1.29 is 38.1 Å². The van der Waals surface area contributed by atoms with E-state index in [1.165, 1.54) is 27.7 Å². The first-order valence-corrected chi connectivity index (χ1v) is 20.1. The summed E-state index contributed by atoms with van der Waals surface area (Å²) >= 11 is 13.4. The third-order valence-corrected chi connectivity index (χ3v) is 17.0. The van der Waals surface area contributed by atoms with Crippen molar-refractivity contribution in [2.75, 3.05) is 23.0 Å². The Morgan fingerprint density at radius 1 is 0.476 bits per heavy atom. The van der Waals surface area contributed by atoms with Crippen LogP contribution in [0.15, 0.2) is 25.4 Å². The number of hydrogen-bond acceptors (Lipinski definition) is 16. The second kappa shape index (κ2) is 19.4. The van der Waals surface area contributed by atoms with Crippen molar-refractivity contribution in [3.8, 4) is 0 Å². The third-order valence-electron chi connectivity index (χ3n) is 4.51. The van der Waals surface area contributed by atoms with Gasteiger partial charge in [-0.1, -0.05) is 47.0 Å². The van der Waals surface area contributed by atoms with Gasteiger partial charge in [0.25, 0.3) is 0 Å². The zero-order chi connectivity index (χ0) is 31.4. The van der Waals surface area contributed by atoms with E-state index >= 15 is 0 Å². The highest BCUT2D eigenvalue weighted by Crippen LogP contribution is 2.66. The maximum atomic E-state index is 11.4. The van der Waals surface area contributed by atoms with Crippen LogP contribution in [0.4, 0.5) is 0 Å². The standard InChI is InChI=1S/C26H36O8S8/c1-13(31-17(5)27)9-35-21-22(36-10-14(2)32-18(6)28)40-25(39-21)26-41-23(37-11-15(3)33-19(7)29)24(42-26)38-12-16(4)34-20(8)30/h13-16H,9-12H2,1-8H3/t13-,14-,15-,16-/m0/s1. The Bertz CT molecular complexity index is 942. The fourth-order valence-corrected chi connectivity index (χ4v) is 14.9. The molecule has 0 spiro atoms. The van der Waals surface area contributed by atoms with E-state index < -0.39 is 0 Å². The quantitative estimate of drug-likeness (QED) is 0.113. The van der Waals surface area contributed by atoms with Gasteiger partial charge in [0.05, 0.1) is 25.4 Å². The SMILES string of the molecule is CC(=O)O[C@@H](C)CSC1=C(SC[C@H](C)OC(C)=O)SC(=C2SC(SC[C@H](C)OC(C)=O)=C(SC[C@H](C)OC(C)=O)S2)S1. The van der Waals surface area contributed by atoms with Crippen molar-refractivity contribution in [3.05, 3.63) is 25.4 Å². The molecular weight excluding hydrogens is 697 g/mol. The molecule has 236 valence electrons. The minimum absolute atomic E-state index is 0.227. The lowest BCUT2D eigenvalue weighted by Crippen LogP contribution is -2.15. The van der Waals surface area contributed by atoms with Gasteiger partial charge in [-0.25, -0.2) is 0 Å². The van der Waals surface area contributed by atoms with Crippen LogP contribution in [0.1, 0.15) is 55.4 Å². The van der Waals surface area contributed by atoms with Crippen LogP contribution in [0.2, 0.25) is 0 Å². The molecule has 0 fully saturated rings. The van der Waals surface area contributed by atoms with Gasteiger partial charge in [0.2, 0.25) is 0 Å². The number of esters is 4. The van der Waals surface area contributed by atoms with E-state index in [1.54, 1.807) is 94.1 Å². The van der Waals surface area contributed by atoms with Crippen LogP contribution in [0.25, 0.3) is 0 Å². The molecule has 0 aromatic carbocycles. The van der Waals surface area contributed by atoms with E-state index in [0.717, 1.165) is 25.4 Å². The Morgan fingerprint density at radius 2 is 0.667 bits per heavy atom. The number of carbonyl (C=O) groups is 4. The van der Waals surface area contributed by atoms with E-state index in [1.807, 2.05) is 27.7 Å². The summed E-state index contributed by atoms with van der Waals surface area (Å²) in [7, 11) is 0. The van der Waals surface area contributed by atoms with Crippen LogP contribution < -0.4 is 0 Å². The van der Waals surface area contributed by atoms with E-state index in [2.05, 4.69) is 0 Å². The zero-order valence-corrected chi connectivity index (χ0v) is 31.2. The fourth-order valence-electron chi connectivity index (χ4n) is 3.11. The highest BCUT2D eigenvalue weighted by molar-refractivity contribution is 8.45. The van der Waals surface area contributed by atoms with Gasteiger partial charge in [-0.15, -0.1) is 47.0 Å². The highest BCUT2D eigenvalue weighted by atomic mass is 32.3. The second-order valence-electron chi connectivity index (χ2n) is 9.06. The van der Waals surface area contributed by atoms with Crippen molar-refractivity contribution in [2.45, 2.75) is 79.8 Å². The topological polar surface area (TPSA) is 105 Å². The lowest BCUT2D eigenvalue weighted by molar-refractivity contribution is -0.145. The smallest absolute Gasteiger partial charge is 0.302 e. The Kier molecular flexibility index (Phi) is 17.6. The van der Waals surface area contributed by atoms with Gasteiger partial charge in [0, 0.05) is 50.7 Å². The molecule has 4 atom stereocenters. The molecule has 0 bridgehead atoms. The molecule has 0 amide bonds. The number of hydrogen-bond donors (Lipinski definition) is 0. The molecule has 0 aromatic rings. The molecule has 2 aliphatic heterocycles. The summed E-state index contributed by atoms with van der Waals surface area (Å²) in [4.78, 5) is 45.6. The Hall–Kier alpha value is -0.100. The average molecular weight is 733 g/mol. The van der Waals surface area contributed by atoms with Crippen LogP contribution in [-0.2, 0) is 38.1 Å². The first-order chi connectivity index (χ1) is 19.7. The maximum Gasteiger partial charge on any atom is 0.302 e. The van der Waals surface area contributed by atoms with E-state index in [4.69, 9.17) is 18.9 Å². The second-order valence-corrected chi connectivity index (χ2v) is 18.8. The zero-order valence-electron chi connectivity index (χ0n) is 24.7. The summed E-state index contributed by atoms with van der Waals surface area (Å²) in [5.41, 5.74) is 0. The minimum atomic E-state index is -0.302. The van der Waals surface area contributed by atoms with E-state index in [9.17, 15) is 19.2 Å². The molecule has 2 heterocycles. The van der Waals surface area contributed by atoms with Crippen LogP contribution in [0.5, 0.6) is 0 Å². The molecule has 0 unspecified atom stereocenters. The Balaban J connectivity index is 2.20. The predicted octanol–water partition coefficient (Wildman–Crippen LogP) is 8.07. The molecule has 0 aliphatic carbocycles. The van der Waals surface area contributed by atoms with Gasteiger partial charge in [-0.05, 0) is 27.7 Å². The van der Waals surface area contributed by atoms with Crippen LogP contribution in [0.3, 0.4) is 0 Å². The number of rotatable bonds is 16. The lowest BCUT2D eigenvalue weighted by Gasteiger charge is -2.13. The maximum absolute atomic E-state index is 11.4. The van der Waals surface area contributed by atoms with Gasteiger partial charge < -0.3 is 18.9 Å². The summed E-state index contributed by atoms with van der Waals surface area (Å²) in [5, 5.41) is 0. The summed E-state index contributed by atoms with van der Waals surface area (Å²) in [6, 6.07) is 0. The van der Waals surface area contributed by atoms with Crippen molar-refractivity contribution in [2.24, 2.45) is 0 Å². The van der Waals surface area contributed by atoms with E-state index in [0.29, 0.717) is 23.0 Å². The van der Waals surface area contributed by atoms with Crippen molar-refractivity contribution in [1.29, 1.82) is 0 Å². The van der Waals surface area contributed by atoms with Crippen LogP contribution in [0, 0.1) is 0 Å². The summed E-state index contributed by atoms with van der Waals surface area (Å²) in [6.45, 7) is 13.2. The minimum Gasteiger partial charge on any atom is -0.462 e. The first kappa shape index (κ1) is 38.1. The van der Waals surface area contributed by atoms with Crippen molar-refractivity contribution >= 4 is 118 Å². The first-order valence-electron chi connectivity index (χ1n) is 12.9. The normalized spacial score (nSPS) is 18.1. The molecule has 8 nitrogen and oxygen atoms in total. The van der Waals surface area contributed by atoms with Crippen LogP contribution in [-0.4, -0.2) is 71.3 Å². The Morgan fingerprint density at radius 3 is 0.833 bits per heavy atom. The molecule has 0 aromatic heterocycles. The molecular formula is C26H36O8S8. The van der Waals surface area contributed by atoms with Gasteiger partial charge in [0.1, 0.15) is 24.4 Å². The largest absolute Gasteiger partial charge is 0.462 e. The summed E-state index contributed by atoms with van der Waals surface area (Å²) in [6.07, 6.45) is -0.908. The highest BCUT2D eigenvalue weighted by Gasteiger charge is 2.32. The molecule has 42 heavy (non-hydrogen) atoms. The molecule has 0 saturated heterocycles. The molecule has 0 N–H and O–H groups in total. The fraction of sp³-hybridized carbons (Fsp3) is 0.615. The summed E-state index contributed by atoms with van der Waals surface area (Å²) < 4.78 is 28.1. The number of thioether (sulfide) groups is 8. The molecule has 2 rings (SSSR count). The molecule has 2 aliphatic rings. The van der Waals surface area contributed by atoms with Gasteiger partial charge in [0.15, 0.2) is 0 Å². The predicted molar refractivity (Wildman–Crippen MR) is 186 cm³/mol. The average Bonchev–Trinajstić information content (AvgIpc) is 3.46. The lowest BCUT2D eigenvalue weighted by atomic mass is 10.5. The summed E-state index contributed by atoms with van der Waals surface area (Å²) in [5.74, 6) is 1.28. The van der Waals surface area contributed by atoms with Crippen molar-refractivity contribution in [1.82, 2.24) is 0 Å². The number of ether oxygens (including phenoxy) is 4. The number of carbonyl (C=O) groups excluding carboxylic acids is 4. The van der Waals surface area contributed by atoms with Gasteiger partial charge in [-0.3, -0.25) is 19.2 Å². The molecule has 16 heteroatoms. The van der Waals surface area contributed by atoms with Gasteiger partial charge >= 0.3 is 23.9 Å².